The number of anilines is 1. The summed E-state index contributed by atoms with van der Waals surface area (Å²) in [5.41, 5.74) is 0.374. The molecule has 0 unspecified atom stereocenters. The maximum atomic E-state index is 12.5. The molecular formula is C12H16N2O5S3. The van der Waals surface area contributed by atoms with Crippen LogP contribution in [0.3, 0.4) is 0 Å². The average molecular weight is 364 g/mol. The molecule has 2 rings (SSSR count). The number of sulfonamides is 1. The molecule has 1 aliphatic rings. The van der Waals surface area contributed by atoms with Gasteiger partial charge in [0.2, 0.25) is 5.91 Å². The molecular weight excluding hydrogens is 348 g/mol. The first-order chi connectivity index (χ1) is 10.3. The van der Waals surface area contributed by atoms with E-state index in [2.05, 4.69) is 0 Å². The van der Waals surface area contributed by atoms with Crippen LogP contribution in [0.25, 0.3) is 0 Å². The van der Waals surface area contributed by atoms with E-state index in [4.69, 9.17) is 5.11 Å². The van der Waals surface area contributed by atoms with Crippen LogP contribution in [0.1, 0.15) is 13.8 Å². The summed E-state index contributed by atoms with van der Waals surface area (Å²) in [6, 6.07) is 1.40. The first kappa shape index (κ1) is 17.3. The van der Waals surface area contributed by atoms with Crippen molar-refractivity contribution in [3.63, 3.8) is 0 Å². The third-order valence-electron chi connectivity index (χ3n) is 3.17. The Morgan fingerprint density at radius 3 is 2.59 bits per heavy atom. The van der Waals surface area contributed by atoms with Gasteiger partial charge in [-0.15, -0.1) is 23.1 Å². The van der Waals surface area contributed by atoms with Crippen molar-refractivity contribution in [1.29, 1.82) is 0 Å². The Balaban J connectivity index is 2.44. The second kappa shape index (κ2) is 6.57. The second-order valence-electron chi connectivity index (χ2n) is 4.49. The molecule has 0 saturated carbocycles. The minimum atomic E-state index is -3.61. The van der Waals surface area contributed by atoms with Gasteiger partial charge in [-0.1, -0.05) is 13.8 Å². The second-order valence-corrected chi connectivity index (χ2v) is 8.95. The van der Waals surface area contributed by atoms with E-state index in [0.717, 1.165) is 16.2 Å². The van der Waals surface area contributed by atoms with Gasteiger partial charge >= 0.3 is 5.97 Å². The smallest absolute Gasteiger partial charge is 0.323 e. The van der Waals surface area contributed by atoms with Crippen molar-refractivity contribution < 1.29 is 23.1 Å². The van der Waals surface area contributed by atoms with Gasteiger partial charge in [0.15, 0.2) is 0 Å². The quantitative estimate of drug-likeness (QED) is 0.818. The number of carboxylic acids is 1. The van der Waals surface area contributed by atoms with E-state index < -0.39 is 22.5 Å². The lowest BCUT2D eigenvalue weighted by molar-refractivity contribution is -0.136. The summed E-state index contributed by atoms with van der Waals surface area (Å²) in [6.45, 7) is 3.75. The fourth-order valence-corrected chi connectivity index (χ4v) is 6.48. The first-order valence-corrected chi connectivity index (χ1v) is 9.84. The van der Waals surface area contributed by atoms with E-state index >= 15 is 0 Å². The zero-order chi connectivity index (χ0) is 16.5. The minimum Gasteiger partial charge on any atom is -0.480 e. The lowest BCUT2D eigenvalue weighted by Crippen LogP contribution is -2.38. The molecule has 1 aliphatic heterocycles. The van der Waals surface area contributed by atoms with Gasteiger partial charge in [-0.3, -0.25) is 14.5 Å². The zero-order valence-corrected chi connectivity index (χ0v) is 14.6. The van der Waals surface area contributed by atoms with Crippen LogP contribution in [0.5, 0.6) is 0 Å². The molecule has 1 amide bonds. The molecule has 0 atom stereocenters. The number of aliphatic carboxylic acids is 1. The number of fused-ring (bicyclic) bond motifs is 1. The Bertz CT molecular complexity index is 694. The standard InChI is InChI=1S/C12H16N2O5S3/c1-3-13(4-2)22(18,19)11-5-8-12(21-11)20-7-9(15)14(8)6-10(16)17/h5H,3-4,6-7H2,1-2H3,(H,16,17). The predicted octanol–water partition coefficient (Wildman–Crippen LogP) is 1.30. The van der Waals surface area contributed by atoms with E-state index in [1.54, 1.807) is 13.8 Å². The Labute approximate surface area is 137 Å². The number of thioether (sulfide) groups is 1. The monoisotopic (exact) mass is 364 g/mol. The highest BCUT2D eigenvalue weighted by atomic mass is 32.3. The Morgan fingerprint density at radius 1 is 1.41 bits per heavy atom. The van der Waals surface area contributed by atoms with Crippen molar-refractivity contribution in [3.8, 4) is 0 Å². The van der Waals surface area contributed by atoms with Crippen molar-refractivity contribution in [1.82, 2.24) is 4.31 Å². The molecule has 22 heavy (non-hydrogen) atoms. The predicted molar refractivity (Wildman–Crippen MR) is 85.1 cm³/mol. The summed E-state index contributed by atoms with van der Waals surface area (Å²) in [5, 5.41) is 8.92. The highest BCUT2D eigenvalue weighted by Crippen LogP contribution is 2.44. The summed E-state index contributed by atoms with van der Waals surface area (Å²) in [4.78, 5) is 23.9. The summed E-state index contributed by atoms with van der Waals surface area (Å²) < 4.78 is 27.2. The Hall–Kier alpha value is -1.10. The molecule has 1 aromatic rings. The lowest BCUT2D eigenvalue weighted by Gasteiger charge is -2.24. The summed E-state index contributed by atoms with van der Waals surface area (Å²) >= 11 is 2.32. The molecule has 122 valence electrons. The van der Waals surface area contributed by atoms with Gasteiger partial charge in [-0.2, -0.15) is 4.31 Å². The van der Waals surface area contributed by atoms with Gasteiger partial charge in [0.1, 0.15) is 10.8 Å². The van der Waals surface area contributed by atoms with Crippen molar-refractivity contribution >= 4 is 50.7 Å². The lowest BCUT2D eigenvalue weighted by atomic mass is 10.4. The Morgan fingerprint density at radius 2 is 2.05 bits per heavy atom. The highest BCUT2D eigenvalue weighted by Gasteiger charge is 2.32. The normalized spacial score (nSPS) is 15.2. The number of carbonyl (C=O) groups excluding carboxylic acids is 1. The molecule has 0 aromatic carbocycles. The molecule has 7 nitrogen and oxygen atoms in total. The van der Waals surface area contributed by atoms with Gasteiger partial charge in [-0.05, 0) is 6.07 Å². The number of carboxylic acid groups (broad SMARTS) is 1. The van der Waals surface area contributed by atoms with Gasteiger partial charge in [0.05, 0.1) is 15.6 Å². The number of carbonyl (C=O) groups is 2. The molecule has 10 heteroatoms. The number of amides is 1. The molecule has 0 spiro atoms. The molecule has 0 saturated heterocycles. The average Bonchev–Trinajstić information content (AvgIpc) is 2.88. The molecule has 0 aliphatic carbocycles. The van der Waals surface area contributed by atoms with E-state index in [1.165, 1.54) is 22.1 Å². The summed E-state index contributed by atoms with van der Waals surface area (Å²) in [5.74, 6) is -1.35. The van der Waals surface area contributed by atoms with E-state index in [9.17, 15) is 18.0 Å². The topological polar surface area (TPSA) is 95.0 Å². The van der Waals surface area contributed by atoms with Crippen LogP contribution in [0.15, 0.2) is 14.5 Å². The van der Waals surface area contributed by atoms with Crippen molar-refractivity contribution in [2.24, 2.45) is 0 Å². The SMILES string of the molecule is CCN(CC)S(=O)(=O)c1cc2c(s1)SCC(=O)N2CC(=O)O. The van der Waals surface area contributed by atoms with Gasteiger partial charge in [-0.25, -0.2) is 8.42 Å². The van der Waals surface area contributed by atoms with Crippen molar-refractivity contribution in [2.75, 3.05) is 30.3 Å². The van der Waals surface area contributed by atoms with Crippen LogP contribution in [-0.4, -0.2) is 55.1 Å². The van der Waals surface area contributed by atoms with Crippen LogP contribution >= 0.6 is 23.1 Å². The fraction of sp³-hybridized carbons (Fsp3) is 0.500. The largest absolute Gasteiger partial charge is 0.480 e. The van der Waals surface area contributed by atoms with Crippen LogP contribution in [0.4, 0.5) is 5.69 Å². The van der Waals surface area contributed by atoms with Crippen LogP contribution in [0, 0.1) is 0 Å². The van der Waals surface area contributed by atoms with Crippen molar-refractivity contribution in [2.45, 2.75) is 22.3 Å². The summed E-state index contributed by atoms with van der Waals surface area (Å²) in [7, 11) is -3.61. The van der Waals surface area contributed by atoms with Gasteiger partial charge in [0.25, 0.3) is 10.0 Å². The minimum absolute atomic E-state index is 0.117. The van der Waals surface area contributed by atoms with E-state index in [0.29, 0.717) is 23.0 Å². The molecule has 1 N–H and O–H groups in total. The van der Waals surface area contributed by atoms with E-state index in [-0.39, 0.29) is 15.9 Å². The zero-order valence-electron chi connectivity index (χ0n) is 12.1. The molecule has 0 radical (unpaired) electrons. The number of rotatable bonds is 6. The maximum absolute atomic E-state index is 12.5. The van der Waals surface area contributed by atoms with Crippen LogP contribution in [0.2, 0.25) is 0 Å². The third-order valence-corrected chi connectivity index (χ3v) is 8.05. The fourth-order valence-electron chi connectivity index (χ4n) is 2.10. The summed E-state index contributed by atoms with van der Waals surface area (Å²) in [6.07, 6.45) is 0. The third kappa shape index (κ3) is 3.14. The molecule has 2 heterocycles. The molecule has 0 fully saturated rings. The molecule has 1 aromatic heterocycles. The van der Waals surface area contributed by atoms with Crippen LogP contribution in [-0.2, 0) is 19.6 Å². The van der Waals surface area contributed by atoms with Crippen molar-refractivity contribution in [3.05, 3.63) is 6.07 Å². The maximum Gasteiger partial charge on any atom is 0.323 e. The highest BCUT2D eigenvalue weighted by molar-refractivity contribution is 8.02. The van der Waals surface area contributed by atoms with Gasteiger partial charge < -0.3 is 5.11 Å². The molecule has 0 bridgehead atoms. The van der Waals surface area contributed by atoms with Gasteiger partial charge in [0, 0.05) is 13.1 Å². The van der Waals surface area contributed by atoms with Crippen LogP contribution < -0.4 is 4.90 Å². The number of hydrogen-bond donors (Lipinski definition) is 1. The number of thiophene rings is 1. The first-order valence-electron chi connectivity index (χ1n) is 6.60. The van der Waals surface area contributed by atoms with E-state index in [1.807, 2.05) is 0 Å². The number of hydrogen-bond acceptors (Lipinski definition) is 6. The Kier molecular flexibility index (Phi) is 5.15. The number of nitrogens with zero attached hydrogens (tertiary/aromatic N) is 2.